The summed E-state index contributed by atoms with van der Waals surface area (Å²) in [6, 6.07) is 12.5. The fourth-order valence-corrected chi connectivity index (χ4v) is 4.83. The molecule has 1 atom stereocenters. The van der Waals surface area contributed by atoms with Crippen molar-refractivity contribution in [3.63, 3.8) is 0 Å². The van der Waals surface area contributed by atoms with Crippen molar-refractivity contribution < 1.29 is 13.2 Å². The first-order chi connectivity index (χ1) is 17.4. The molecule has 0 amide bonds. The maximum atomic E-state index is 14.0. The predicted molar refractivity (Wildman–Crippen MR) is 131 cm³/mol. The number of piperidine rings is 1. The van der Waals surface area contributed by atoms with E-state index in [1.165, 1.54) is 10.8 Å². The first kappa shape index (κ1) is 22.4. The molecule has 1 saturated heterocycles. The van der Waals surface area contributed by atoms with Crippen molar-refractivity contribution in [2.24, 2.45) is 0 Å². The lowest BCUT2D eigenvalue weighted by Gasteiger charge is -2.24. The van der Waals surface area contributed by atoms with E-state index in [9.17, 15) is 18.0 Å². The summed E-state index contributed by atoms with van der Waals surface area (Å²) in [4.78, 5) is 27.0. The highest BCUT2D eigenvalue weighted by Crippen LogP contribution is 2.40. The Bertz CT molecular complexity index is 1610. The molecule has 2 aromatic carbocycles. The Morgan fingerprint density at radius 1 is 1.11 bits per heavy atom. The van der Waals surface area contributed by atoms with Crippen molar-refractivity contribution in [3.05, 3.63) is 70.9 Å². The van der Waals surface area contributed by atoms with Crippen LogP contribution in [0.3, 0.4) is 0 Å². The molecule has 0 spiro atoms. The zero-order valence-electron chi connectivity index (χ0n) is 19.0. The molecule has 5 aromatic rings. The lowest BCUT2D eigenvalue weighted by molar-refractivity contribution is -0.137. The average Bonchev–Trinajstić information content (AvgIpc) is 3.44. The van der Waals surface area contributed by atoms with Gasteiger partial charge in [0, 0.05) is 35.9 Å². The van der Waals surface area contributed by atoms with Gasteiger partial charge in [0.15, 0.2) is 0 Å². The van der Waals surface area contributed by atoms with E-state index in [4.69, 9.17) is 0 Å². The molecule has 4 heterocycles. The second-order valence-corrected chi connectivity index (χ2v) is 8.83. The number of rotatable bonds is 4. The van der Waals surface area contributed by atoms with Crippen LogP contribution in [0.25, 0.3) is 38.9 Å². The zero-order chi connectivity index (χ0) is 24.9. The third-order valence-electron chi connectivity index (χ3n) is 6.49. The molecule has 4 N–H and O–H groups in total. The van der Waals surface area contributed by atoms with E-state index in [-0.39, 0.29) is 28.9 Å². The zero-order valence-corrected chi connectivity index (χ0v) is 19.0. The van der Waals surface area contributed by atoms with E-state index in [2.05, 4.69) is 30.6 Å². The van der Waals surface area contributed by atoms with Crippen LogP contribution in [0.5, 0.6) is 0 Å². The molecule has 11 heteroatoms. The van der Waals surface area contributed by atoms with Crippen molar-refractivity contribution in [2.45, 2.75) is 25.1 Å². The number of benzene rings is 2. The summed E-state index contributed by atoms with van der Waals surface area (Å²) in [7, 11) is 0. The molecule has 6 rings (SSSR count). The lowest BCUT2D eigenvalue weighted by atomic mass is 10.0. The Kier molecular flexibility index (Phi) is 5.29. The fourth-order valence-electron chi connectivity index (χ4n) is 4.83. The van der Waals surface area contributed by atoms with Crippen LogP contribution in [0.2, 0.25) is 0 Å². The Labute approximate surface area is 202 Å². The number of anilines is 1. The third kappa shape index (κ3) is 3.81. The maximum Gasteiger partial charge on any atom is 0.419 e. The first-order valence-electron chi connectivity index (χ1n) is 11.6. The van der Waals surface area contributed by atoms with Crippen molar-refractivity contribution in [1.29, 1.82) is 0 Å². The lowest BCUT2D eigenvalue weighted by Crippen LogP contribution is -2.38. The van der Waals surface area contributed by atoms with E-state index in [0.717, 1.165) is 25.6 Å². The SMILES string of the molecule is O=c1[nH]c2ccc3c(-c4nc(NC5CCCNC5)ncc4C(F)(F)F)c[nH]c3c2n1-c1ccccc1. The van der Waals surface area contributed by atoms with Gasteiger partial charge in [-0.1, -0.05) is 18.2 Å². The molecule has 8 nitrogen and oxygen atoms in total. The van der Waals surface area contributed by atoms with Crippen LogP contribution in [0.1, 0.15) is 18.4 Å². The number of para-hydroxylation sites is 1. The summed E-state index contributed by atoms with van der Waals surface area (Å²) < 4.78 is 43.5. The number of H-pyrrole nitrogens is 2. The van der Waals surface area contributed by atoms with E-state index < -0.39 is 11.7 Å². The van der Waals surface area contributed by atoms with Gasteiger partial charge in [-0.05, 0) is 43.7 Å². The smallest absolute Gasteiger partial charge is 0.359 e. The van der Waals surface area contributed by atoms with Gasteiger partial charge in [0.2, 0.25) is 5.95 Å². The van der Waals surface area contributed by atoms with Crippen LogP contribution in [0.15, 0.2) is 59.7 Å². The highest BCUT2D eigenvalue weighted by atomic mass is 19.4. The minimum atomic E-state index is -4.64. The van der Waals surface area contributed by atoms with Crippen molar-refractivity contribution in [2.75, 3.05) is 18.4 Å². The third-order valence-corrected chi connectivity index (χ3v) is 6.49. The predicted octanol–water partition coefficient (Wildman–Crippen LogP) is 4.44. The number of aromatic amines is 2. The van der Waals surface area contributed by atoms with Gasteiger partial charge in [-0.2, -0.15) is 13.2 Å². The molecule has 0 radical (unpaired) electrons. The topological polar surface area (TPSA) is 103 Å². The van der Waals surface area contributed by atoms with Crippen LogP contribution < -0.4 is 16.3 Å². The Morgan fingerprint density at radius 3 is 2.69 bits per heavy atom. The maximum absolute atomic E-state index is 14.0. The standard InChI is InChI=1S/C25H22F3N7O/c26-25(27,28)18-13-31-23(32-14-5-4-10-29-11-14)34-20(18)17-12-30-21-16(17)8-9-19-22(21)35(24(36)33-19)15-6-2-1-3-7-15/h1-3,6-9,12-14,29-30H,4-5,10-11H2,(H,33,36)(H,31,32,34). The number of fused-ring (bicyclic) bond motifs is 3. The fraction of sp³-hybridized carbons (Fsp3) is 0.240. The molecule has 1 aliphatic rings. The van der Waals surface area contributed by atoms with Gasteiger partial charge in [-0.3, -0.25) is 4.57 Å². The minimum Gasteiger partial charge on any atom is -0.359 e. The minimum absolute atomic E-state index is 0.0334. The van der Waals surface area contributed by atoms with Gasteiger partial charge in [0.1, 0.15) is 5.56 Å². The molecular weight excluding hydrogens is 471 g/mol. The van der Waals surface area contributed by atoms with Gasteiger partial charge >= 0.3 is 11.9 Å². The summed E-state index contributed by atoms with van der Waals surface area (Å²) >= 11 is 0. The van der Waals surface area contributed by atoms with Crippen molar-refractivity contribution in [3.8, 4) is 16.9 Å². The quantitative estimate of drug-likeness (QED) is 0.296. The van der Waals surface area contributed by atoms with Gasteiger partial charge in [-0.15, -0.1) is 0 Å². The Morgan fingerprint density at radius 2 is 1.94 bits per heavy atom. The second-order valence-electron chi connectivity index (χ2n) is 8.83. The summed E-state index contributed by atoms with van der Waals surface area (Å²) in [5.41, 5.74) is 1.07. The molecular formula is C25H22F3N7O. The molecule has 36 heavy (non-hydrogen) atoms. The first-order valence-corrected chi connectivity index (χ1v) is 11.6. The molecule has 0 aliphatic carbocycles. The van der Waals surface area contributed by atoms with Crippen molar-refractivity contribution in [1.82, 2.24) is 29.8 Å². The second kappa shape index (κ2) is 8.52. The number of nitrogens with one attached hydrogen (secondary N) is 4. The van der Waals surface area contributed by atoms with Crippen LogP contribution in [-0.2, 0) is 6.18 Å². The number of hydrogen-bond acceptors (Lipinski definition) is 5. The van der Waals surface area contributed by atoms with Crippen LogP contribution in [0, 0.1) is 0 Å². The van der Waals surface area contributed by atoms with Crippen LogP contribution in [-0.4, -0.2) is 43.6 Å². The number of imidazole rings is 1. The molecule has 184 valence electrons. The van der Waals surface area contributed by atoms with E-state index in [1.807, 2.05) is 18.2 Å². The largest absolute Gasteiger partial charge is 0.419 e. The number of halogens is 3. The molecule has 1 unspecified atom stereocenters. The summed E-state index contributed by atoms with van der Waals surface area (Å²) in [5, 5.41) is 6.94. The Hall–Kier alpha value is -4.12. The highest BCUT2D eigenvalue weighted by Gasteiger charge is 2.36. The number of alkyl halides is 3. The molecule has 3 aromatic heterocycles. The van der Waals surface area contributed by atoms with Gasteiger partial charge in [0.05, 0.1) is 27.9 Å². The van der Waals surface area contributed by atoms with Gasteiger partial charge in [0.25, 0.3) is 0 Å². The highest BCUT2D eigenvalue weighted by molar-refractivity contribution is 6.08. The van der Waals surface area contributed by atoms with Crippen LogP contribution in [0.4, 0.5) is 19.1 Å². The normalized spacial score (nSPS) is 16.6. The van der Waals surface area contributed by atoms with Crippen molar-refractivity contribution >= 4 is 27.9 Å². The van der Waals surface area contributed by atoms with Gasteiger partial charge in [-0.25, -0.2) is 14.8 Å². The monoisotopic (exact) mass is 493 g/mol. The van der Waals surface area contributed by atoms with E-state index in [0.29, 0.717) is 34.2 Å². The van der Waals surface area contributed by atoms with Gasteiger partial charge < -0.3 is 20.6 Å². The molecule has 1 aliphatic heterocycles. The summed E-state index contributed by atoms with van der Waals surface area (Å²) in [6.45, 7) is 1.60. The summed E-state index contributed by atoms with van der Waals surface area (Å²) in [5.74, 6) is 0.143. The number of aromatic nitrogens is 5. The van der Waals surface area contributed by atoms with E-state index in [1.54, 1.807) is 24.3 Å². The van der Waals surface area contributed by atoms with Crippen LogP contribution >= 0.6 is 0 Å². The van der Waals surface area contributed by atoms with E-state index >= 15 is 0 Å². The molecule has 0 saturated carbocycles. The average molecular weight is 493 g/mol. The molecule has 0 bridgehead atoms. The summed E-state index contributed by atoms with van der Waals surface area (Å²) in [6.07, 6.45) is -0.477. The number of nitrogens with zero attached hydrogens (tertiary/aromatic N) is 3. The molecule has 1 fully saturated rings. The number of hydrogen-bond donors (Lipinski definition) is 4. The Balaban J connectivity index is 1.53.